The van der Waals surface area contributed by atoms with Gasteiger partial charge in [0.25, 0.3) is 0 Å². The SMILES string of the molecule is C/C1=C\CCCOC(=O)C[C@H](c2ccc(O)cc2)NC(=O)[C@@H](Cc2c[nH]c3ccccc23)N(C)C(=O)[C@H](C)NC(=O)[C@@H](C)C1. The van der Waals surface area contributed by atoms with Gasteiger partial charge in [-0.1, -0.05) is 48.9 Å². The second-order valence-electron chi connectivity index (χ2n) is 11.6. The summed E-state index contributed by atoms with van der Waals surface area (Å²) >= 11 is 0. The number of aromatic nitrogens is 1. The molecule has 4 rings (SSSR count). The Morgan fingerprint density at radius 3 is 2.43 bits per heavy atom. The third-order valence-corrected chi connectivity index (χ3v) is 8.10. The number of likely N-dealkylation sites (N-methyl/N-ethyl adjacent to an activating group) is 1. The average molecular weight is 603 g/mol. The molecule has 2 aromatic carbocycles. The van der Waals surface area contributed by atoms with Crippen molar-refractivity contribution in [2.24, 2.45) is 5.92 Å². The molecule has 1 aliphatic heterocycles. The van der Waals surface area contributed by atoms with Crippen molar-refractivity contribution in [3.05, 3.63) is 77.5 Å². The second kappa shape index (κ2) is 14.7. The Morgan fingerprint density at radius 2 is 1.68 bits per heavy atom. The molecule has 10 heteroatoms. The molecule has 1 aliphatic rings. The number of nitrogens with zero attached hydrogens (tertiary/aromatic N) is 1. The number of phenolic OH excluding ortho intramolecular Hbond substituents is 1. The van der Waals surface area contributed by atoms with E-state index in [0.717, 1.165) is 22.0 Å². The number of H-pyrrole nitrogens is 1. The number of aromatic amines is 1. The van der Waals surface area contributed by atoms with Gasteiger partial charge in [-0.3, -0.25) is 19.2 Å². The largest absolute Gasteiger partial charge is 0.508 e. The van der Waals surface area contributed by atoms with E-state index in [-0.39, 0.29) is 37.0 Å². The maximum Gasteiger partial charge on any atom is 0.308 e. The van der Waals surface area contributed by atoms with Crippen LogP contribution in [0.15, 0.2) is 66.4 Å². The minimum Gasteiger partial charge on any atom is -0.508 e. The molecule has 0 radical (unpaired) electrons. The van der Waals surface area contributed by atoms with Crippen molar-refractivity contribution < 1.29 is 29.0 Å². The van der Waals surface area contributed by atoms with Crippen LogP contribution in [0, 0.1) is 5.92 Å². The van der Waals surface area contributed by atoms with Crippen LogP contribution in [0.1, 0.15) is 63.6 Å². The fraction of sp³-hybridized carbons (Fsp3) is 0.412. The first-order valence-electron chi connectivity index (χ1n) is 15.1. The lowest BCUT2D eigenvalue weighted by molar-refractivity contribution is -0.145. The number of fused-ring (bicyclic) bond motifs is 1. The molecule has 0 aliphatic carbocycles. The number of hydrogen-bond donors (Lipinski definition) is 4. The third-order valence-electron chi connectivity index (χ3n) is 8.10. The number of hydrogen-bond acceptors (Lipinski definition) is 6. The molecule has 0 fully saturated rings. The molecule has 0 unspecified atom stereocenters. The van der Waals surface area contributed by atoms with Crippen LogP contribution in [0.5, 0.6) is 5.75 Å². The van der Waals surface area contributed by atoms with Gasteiger partial charge in [-0.15, -0.1) is 0 Å². The Hall–Kier alpha value is -4.60. The number of allylic oxidation sites excluding steroid dienone is 2. The number of ether oxygens (including phenoxy) is 1. The van der Waals surface area contributed by atoms with Gasteiger partial charge in [0.2, 0.25) is 17.7 Å². The quantitative estimate of drug-likeness (QED) is 0.260. The van der Waals surface area contributed by atoms with E-state index in [2.05, 4.69) is 15.6 Å². The lowest BCUT2D eigenvalue weighted by Crippen LogP contribution is -2.55. The molecule has 2 heterocycles. The number of nitrogens with one attached hydrogen (secondary N) is 3. The smallest absolute Gasteiger partial charge is 0.308 e. The van der Waals surface area contributed by atoms with Gasteiger partial charge in [-0.05, 0) is 62.4 Å². The van der Waals surface area contributed by atoms with E-state index in [4.69, 9.17) is 4.74 Å². The maximum atomic E-state index is 14.1. The summed E-state index contributed by atoms with van der Waals surface area (Å²) in [7, 11) is 1.55. The Bertz CT molecular complexity index is 1510. The van der Waals surface area contributed by atoms with Crippen molar-refractivity contribution in [1.29, 1.82) is 0 Å². The van der Waals surface area contributed by atoms with Crippen LogP contribution >= 0.6 is 0 Å². The van der Waals surface area contributed by atoms with Crippen LogP contribution in [-0.4, -0.2) is 64.4 Å². The van der Waals surface area contributed by atoms with Crippen molar-refractivity contribution in [2.45, 2.75) is 71.0 Å². The number of carbonyl (C=O) groups excluding carboxylic acids is 4. The highest BCUT2D eigenvalue weighted by Gasteiger charge is 2.33. The number of cyclic esters (lactones) is 1. The summed E-state index contributed by atoms with van der Waals surface area (Å²) in [4.78, 5) is 58.3. The molecule has 0 bridgehead atoms. The van der Waals surface area contributed by atoms with E-state index in [1.807, 2.05) is 50.4 Å². The van der Waals surface area contributed by atoms with Crippen molar-refractivity contribution >= 4 is 34.6 Å². The predicted molar refractivity (Wildman–Crippen MR) is 168 cm³/mol. The lowest BCUT2D eigenvalue weighted by atomic mass is 9.99. The van der Waals surface area contributed by atoms with E-state index in [1.54, 1.807) is 26.1 Å². The number of benzene rings is 2. The normalized spacial score (nSPS) is 24.7. The van der Waals surface area contributed by atoms with Crippen LogP contribution < -0.4 is 10.6 Å². The summed E-state index contributed by atoms with van der Waals surface area (Å²) in [6.07, 6.45) is 5.73. The molecule has 0 saturated carbocycles. The Labute approximate surface area is 257 Å². The van der Waals surface area contributed by atoms with Crippen LogP contribution in [0.4, 0.5) is 0 Å². The molecule has 0 saturated heterocycles. The molecular weight excluding hydrogens is 560 g/mol. The molecule has 44 heavy (non-hydrogen) atoms. The first kappa shape index (κ1) is 32.3. The monoisotopic (exact) mass is 602 g/mol. The Morgan fingerprint density at radius 1 is 0.955 bits per heavy atom. The molecular formula is C34H42N4O6. The second-order valence-corrected chi connectivity index (χ2v) is 11.6. The van der Waals surface area contributed by atoms with Gasteiger partial charge in [-0.2, -0.15) is 0 Å². The van der Waals surface area contributed by atoms with Crippen LogP contribution in [0.3, 0.4) is 0 Å². The minimum absolute atomic E-state index is 0.0509. The predicted octanol–water partition coefficient (Wildman–Crippen LogP) is 4.30. The Kier molecular flexibility index (Phi) is 10.8. The molecule has 3 amide bonds. The van der Waals surface area contributed by atoms with E-state index in [1.165, 1.54) is 17.0 Å². The summed E-state index contributed by atoms with van der Waals surface area (Å²) in [6, 6.07) is 11.3. The fourth-order valence-electron chi connectivity index (χ4n) is 5.52. The van der Waals surface area contributed by atoms with E-state index in [9.17, 15) is 24.3 Å². The average Bonchev–Trinajstić information content (AvgIpc) is 3.41. The van der Waals surface area contributed by atoms with Gasteiger partial charge in [0.1, 0.15) is 17.8 Å². The maximum absolute atomic E-state index is 14.1. The van der Waals surface area contributed by atoms with Gasteiger partial charge in [0, 0.05) is 36.5 Å². The van der Waals surface area contributed by atoms with Crippen LogP contribution in [0.25, 0.3) is 10.9 Å². The van der Waals surface area contributed by atoms with E-state index in [0.29, 0.717) is 24.8 Å². The topological polar surface area (TPSA) is 141 Å². The van der Waals surface area contributed by atoms with Crippen molar-refractivity contribution in [3.63, 3.8) is 0 Å². The highest BCUT2D eigenvalue weighted by Crippen LogP contribution is 2.24. The number of para-hydroxylation sites is 1. The zero-order chi connectivity index (χ0) is 31.8. The van der Waals surface area contributed by atoms with Gasteiger partial charge in [-0.25, -0.2) is 0 Å². The van der Waals surface area contributed by atoms with Crippen molar-refractivity contribution in [2.75, 3.05) is 13.7 Å². The summed E-state index contributed by atoms with van der Waals surface area (Å²) in [5.74, 6) is -1.92. The van der Waals surface area contributed by atoms with Gasteiger partial charge in [0.05, 0.1) is 19.1 Å². The van der Waals surface area contributed by atoms with Gasteiger partial charge >= 0.3 is 5.97 Å². The Balaban J connectivity index is 1.69. The minimum atomic E-state index is -0.971. The standard InChI is InChI=1S/C34H42N4O6/c1-21-9-7-8-16-44-31(40)19-29(24-12-14-26(39)15-13-24)37-33(42)30(18-25-20-35-28-11-6-5-10-27(25)28)38(4)34(43)23(3)36-32(41)22(2)17-21/h5-6,9-15,20,22-23,29-30,35,39H,7-8,16-19H2,1-4H3,(H,36,41)(H,37,42)/b21-9+/t22-,23-,29+,30+/m0/s1. The number of carbonyl (C=O) groups is 4. The highest BCUT2D eigenvalue weighted by atomic mass is 16.5. The summed E-state index contributed by atoms with van der Waals surface area (Å²) in [5.41, 5.74) is 3.38. The first-order chi connectivity index (χ1) is 21.0. The fourth-order valence-corrected chi connectivity index (χ4v) is 5.52. The van der Waals surface area contributed by atoms with Crippen molar-refractivity contribution in [1.82, 2.24) is 20.5 Å². The van der Waals surface area contributed by atoms with Gasteiger partial charge < -0.3 is 30.4 Å². The number of amides is 3. The zero-order valence-electron chi connectivity index (χ0n) is 25.8. The molecule has 3 aromatic rings. The highest BCUT2D eigenvalue weighted by molar-refractivity contribution is 5.93. The molecule has 4 N–H and O–H groups in total. The number of aromatic hydroxyl groups is 1. The lowest BCUT2D eigenvalue weighted by Gasteiger charge is -2.31. The molecule has 234 valence electrons. The first-order valence-corrected chi connectivity index (χ1v) is 15.1. The number of esters is 1. The molecule has 1 aromatic heterocycles. The molecule has 4 atom stereocenters. The van der Waals surface area contributed by atoms with Crippen molar-refractivity contribution in [3.8, 4) is 5.75 Å². The van der Waals surface area contributed by atoms with E-state index < -0.39 is 35.9 Å². The van der Waals surface area contributed by atoms with E-state index >= 15 is 0 Å². The summed E-state index contributed by atoms with van der Waals surface area (Å²) < 4.78 is 5.50. The van der Waals surface area contributed by atoms with Crippen LogP contribution in [0.2, 0.25) is 0 Å². The third kappa shape index (κ3) is 8.27. The zero-order valence-corrected chi connectivity index (χ0v) is 25.8. The van der Waals surface area contributed by atoms with Gasteiger partial charge in [0.15, 0.2) is 0 Å². The summed E-state index contributed by atoms with van der Waals surface area (Å²) in [5, 5.41) is 16.6. The molecule has 0 spiro atoms. The molecule has 10 nitrogen and oxygen atoms in total. The number of rotatable bonds is 3. The van der Waals surface area contributed by atoms with Crippen LogP contribution in [-0.2, 0) is 30.3 Å². The summed E-state index contributed by atoms with van der Waals surface area (Å²) in [6.45, 7) is 5.60. The number of phenols is 1.